The van der Waals surface area contributed by atoms with Crippen molar-refractivity contribution in [3.63, 3.8) is 0 Å². The van der Waals surface area contributed by atoms with E-state index in [1.165, 1.54) is 17.7 Å². The zero-order valence-electron chi connectivity index (χ0n) is 18.4. The van der Waals surface area contributed by atoms with Crippen LogP contribution in [0.1, 0.15) is 66.5 Å². The van der Waals surface area contributed by atoms with Crippen molar-refractivity contribution in [1.29, 1.82) is 0 Å². The van der Waals surface area contributed by atoms with E-state index in [-0.39, 0.29) is 11.6 Å². The van der Waals surface area contributed by atoms with Crippen LogP contribution in [-0.2, 0) is 12.1 Å². The van der Waals surface area contributed by atoms with Crippen molar-refractivity contribution >= 4 is 11.9 Å². The van der Waals surface area contributed by atoms with Crippen LogP contribution in [0.3, 0.4) is 0 Å². The molecule has 8 heteroatoms. The number of aromatic nitrogens is 3. The molecule has 33 heavy (non-hydrogen) atoms. The fraction of sp³-hybridized carbons (Fsp3) is 0.440. The quantitative estimate of drug-likeness (QED) is 0.496. The predicted molar refractivity (Wildman–Crippen MR) is 124 cm³/mol. The molecule has 0 bridgehead atoms. The lowest BCUT2D eigenvalue weighted by molar-refractivity contribution is -0.0155. The molecule has 0 spiro atoms. The molecule has 2 fully saturated rings. The lowest BCUT2D eigenvalue weighted by Gasteiger charge is -2.37. The van der Waals surface area contributed by atoms with Crippen LogP contribution in [0.15, 0.2) is 55.1 Å². The fourth-order valence-corrected chi connectivity index (χ4v) is 6.41. The van der Waals surface area contributed by atoms with Gasteiger partial charge in [0.2, 0.25) is 0 Å². The summed E-state index contributed by atoms with van der Waals surface area (Å²) in [5, 5.41) is 19.2. The van der Waals surface area contributed by atoms with Gasteiger partial charge in [0.15, 0.2) is 0 Å². The minimum Gasteiger partial charge on any atom is -0.385 e. The first kappa shape index (κ1) is 22.5. The van der Waals surface area contributed by atoms with Gasteiger partial charge in [-0.3, -0.25) is 0 Å². The van der Waals surface area contributed by atoms with E-state index in [9.17, 15) is 5.11 Å². The molecule has 1 saturated carbocycles. The van der Waals surface area contributed by atoms with Crippen molar-refractivity contribution < 1.29 is 13.9 Å². The Morgan fingerprint density at radius 3 is 2.45 bits per heavy atom. The van der Waals surface area contributed by atoms with E-state index < -0.39 is 17.2 Å². The van der Waals surface area contributed by atoms with Crippen molar-refractivity contribution in [2.75, 3.05) is 6.54 Å². The van der Waals surface area contributed by atoms with E-state index in [0.29, 0.717) is 43.0 Å². The molecule has 174 valence electrons. The van der Waals surface area contributed by atoms with Gasteiger partial charge in [0.25, 0.3) is 0 Å². The minimum absolute atomic E-state index is 0.0689. The first-order valence-corrected chi connectivity index (χ1v) is 12.4. The lowest BCUT2D eigenvalue weighted by Crippen LogP contribution is -2.33. The van der Waals surface area contributed by atoms with Crippen LogP contribution in [0.4, 0.5) is 8.78 Å². The Labute approximate surface area is 197 Å². The average molecular weight is 471 g/mol. The maximum atomic E-state index is 15.1. The molecular formula is C25H28F2N4OS. The van der Waals surface area contributed by atoms with Gasteiger partial charge >= 0.3 is 0 Å². The Morgan fingerprint density at radius 1 is 1.00 bits per heavy atom. The van der Waals surface area contributed by atoms with E-state index in [0.717, 1.165) is 19.4 Å². The van der Waals surface area contributed by atoms with Crippen molar-refractivity contribution in [2.24, 2.45) is 0 Å². The van der Waals surface area contributed by atoms with Gasteiger partial charge in [0, 0.05) is 35.5 Å². The van der Waals surface area contributed by atoms with E-state index in [1.807, 2.05) is 22.8 Å². The van der Waals surface area contributed by atoms with Crippen molar-refractivity contribution in [1.82, 2.24) is 19.1 Å². The molecule has 0 radical (unpaired) electrons. The highest BCUT2D eigenvalue weighted by Crippen LogP contribution is 2.43. The molecule has 1 unspecified atom stereocenters. The second kappa shape index (κ2) is 9.52. The summed E-state index contributed by atoms with van der Waals surface area (Å²) in [6.45, 7) is 1.18. The summed E-state index contributed by atoms with van der Waals surface area (Å²) in [7, 11) is 0. The topological polar surface area (TPSA) is 54.2 Å². The van der Waals surface area contributed by atoms with Gasteiger partial charge in [0.1, 0.15) is 24.3 Å². The van der Waals surface area contributed by atoms with Gasteiger partial charge in [-0.15, -0.1) is 10.2 Å². The van der Waals surface area contributed by atoms with Crippen LogP contribution in [0.25, 0.3) is 0 Å². The van der Waals surface area contributed by atoms with Crippen molar-refractivity contribution in [2.45, 2.75) is 62.0 Å². The number of rotatable bonds is 5. The van der Waals surface area contributed by atoms with Crippen LogP contribution < -0.4 is 0 Å². The third-order valence-corrected chi connectivity index (χ3v) is 8.32. The molecule has 5 rings (SSSR count). The number of nitrogens with zero attached hydrogens (tertiary/aromatic N) is 4. The highest BCUT2D eigenvalue weighted by Gasteiger charge is 2.38. The number of hydrogen-bond donors (Lipinski definition) is 1. The number of aliphatic hydroxyl groups is 1. The van der Waals surface area contributed by atoms with E-state index in [2.05, 4.69) is 26.6 Å². The maximum absolute atomic E-state index is 15.1. The summed E-state index contributed by atoms with van der Waals surface area (Å²) in [6.07, 6.45) is 7.45. The molecule has 0 amide bonds. The van der Waals surface area contributed by atoms with Gasteiger partial charge in [0.05, 0.1) is 5.60 Å². The summed E-state index contributed by atoms with van der Waals surface area (Å²) in [5.41, 5.74) is 0.309. The Bertz CT molecular complexity index is 1070. The van der Waals surface area contributed by atoms with Gasteiger partial charge < -0.3 is 9.67 Å². The van der Waals surface area contributed by atoms with Crippen LogP contribution >= 0.6 is 11.9 Å². The molecule has 2 aliphatic rings. The second-order valence-electron chi connectivity index (χ2n) is 9.11. The summed E-state index contributed by atoms with van der Waals surface area (Å²) in [5.74, 6) is -0.985. The smallest absolute Gasteiger partial charge is 0.129 e. The fourth-order valence-electron chi connectivity index (χ4n) is 5.05. The summed E-state index contributed by atoms with van der Waals surface area (Å²) in [4.78, 5) is 0. The van der Waals surface area contributed by atoms with Gasteiger partial charge in [-0.05, 0) is 56.2 Å². The monoisotopic (exact) mass is 470 g/mol. The van der Waals surface area contributed by atoms with E-state index >= 15 is 8.78 Å². The zero-order valence-corrected chi connectivity index (χ0v) is 19.2. The minimum atomic E-state index is -1.35. The van der Waals surface area contributed by atoms with Gasteiger partial charge in [-0.1, -0.05) is 42.3 Å². The highest BCUT2D eigenvalue weighted by molar-refractivity contribution is 7.97. The van der Waals surface area contributed by atoms with Crippen LogP contribution in [0.2, 0.25) is 0 Å². The van der Waals surface area contributed by atoms with Crippen LogP contribution in [0, 0.1) is 11.6 Å². The first-order valence-electron chi connectivity index (χ1n) is 11.5. The number of benzene rings is 2. The Hall–Kier alpha value is -2.29. The molecule has 1 saturated heterocycles. The summed E-state index contributed by atoms with van der Waals surface area (Å²) >= 11 is 1.71. The third kappa shape index (κ3) is 4.83. The van der Waals surface area contributed by atoms with E-state index in [4.69, 9.17) is 0 Å². The molecule has 1 aliphatic carbocycles. The molecule has 5 nitrogen and oxygen atoms in total. The molecule has 1 aromatic heterocycles. The molecule has 2 heterocycles. The molecule has 1 N–H and O–H groups in total. The predicted octanol–water partition coefficient (Wildman–Crippen LogP) is 5.54. The van der Waals surface area contributed by atoms with Crippen molar-refractivity contribution in [3.05, 3.63) is 83.4 Å². The van der Waals surface area contributed by atoms with Crippen molar-refractivity contribution in [3.8, 4) is 0 Å². The molecule has 1 atom stereocenters. The molecular weight excluding hydrogens is 442 g/mol. The second-order valence-corrected chi connectivity index (χ2v) is 10.4. The largest absolute Gasteiger partial charge is 0.385 e. The molecule has 3 aromatic rings. The normalized spacial score (nSPS) is 26.4. The molecule has 1 aliphatic heterocycles. The highest BCUT2D eigenvalue weighted by atomic mass is 32.2. The molecule has 2 aromatic carbocycles. The SMILES string of the molecule is OC1(c2cc(F)c(CN3CCCC(c4ccccc4)S3)cc2F)CCC(n2cnnc2)CC1. The van der Waals surface area contributed by atoms with Gasteiger partial charge in [-0.2, -0.15) is 0 Å². The van der Waals surface area contributed by atoms with Gasteiger partial charge in [-0.25, -0.2) is 13.1 Å². The maximum Gasteiger partial charge on any atom is 0.129 e. The number of halogens is 2. The standard InChI is InChI=1S/C25H28F2N4OS/c26-22-14-21(25(32)10-8-20(9-11-25)30-16-28-29-17-30)23(27)13-19(22)15-31-12-4-7-24(33-31)18-5-2-1-3-6-18/h1-3,5-6,13-14,16-17,20,24,32H,4,7-12,15H2. The zero-order chi connectivity index (χ0) is 22.8. The Kier molecular flexibility index (Phi) is 6.49. The van der Waals surface area contributed by atoms with E-state index in [1.54, 1.807) is 24.6 Å². The third-order valence-electron chi connectivity index (χ3n) is 6.95. The first-order chi connectivity index (χ1) is 16.0. The Balaban J connectivity index is 1.28. The average Bonchev–Trinajstić information content (AvgIpc) is 3.37. The Morgan fingerprint density at radius 2 is 1.73 bits per heavy atom. The van der Waals surface area contributed by atoms with Crippen LogP contribution in [0.5, 0.6) is 0 Å². The lowest BCUT2D eigenvalue weighted by atomic mass is 9.77. The number of hydrogen-bond acceptors (Lipinski definition) is 5. The summed E-state index contributed by atoms with van der Waals surface area (Å²) in [6, 6.07) is 13.0. The summed E-state index contributed by atoms with van der Waals surface area (Å²) < 4.78 is 34.3. The van der Waals surface area contributed by atoms with Crippen LogP contribution in [-0.4, -0.2) is 30.7 Å².